The number of nitrogens with zero attached hydrogens (tertiary/aromatic N) is 5. The van der Waals surface area contributed by atoms with Crippen LogP contribution in [0.1, 0.15) is 19.3 Å². The molecule has 0 bridgehead atoms. The zero-order valence-corrected chi connectivity index (χ0v) is 16.2. The van der Waals surface area contributed by atoms with E-state index in [1.165, 1.54) is 5.69 Å². The lowest BCUT2D eigenvalue weighted by molar-refractivity contribution is -0.126. The van der Waals surface area contributed by atoms with Gasteiger partial charge in [-0.25, -0.2) is 9.97 Å². The number of nitrogens with one attached hydrogen (secondary N) is 1. The first kappa shape index (κ1) is 18.0. The summed E-state index contributed by atoms with van der Waals surface area (Å²) < 4.78 is 0. The molecule has 0 radical (unpaired) electrons. The molecule has 0 aliphatic carbocycles. The van der Waals surface area contributed by atoms with Gasteiger partial charge in [0.05, 0.1) is 11.6 Å². The topological polar surface area (TPSA) is 64.6 Å². The van der Waals surface area contributed by atoms with Gasteiger partial charge in [-0.05, 0) is 37.5 Å². The lowest BCUT2D eigenvalue weighted by Gasteiger charge is -2.39. The number of carbonyl (C=O) groups excluding carboxylic acids is 1. The van der Waals surface area contributed by atoms with Crippen LogP contribution in [-0.2, 0) is 4.79 Å². The molecule has 0 spiro atoms. The van der Waals surface area contributed by atoms with Crippen LogP contribution in [0.2, 0.25) is 0 Å². The highest BCUT2D eigenvalue weighted by atomic mass is 16.2. The maximum Gasteiger partial charge on any atom is 0.237 e. The molecule has 27 heavy (non-hydrogen) atoms. The molecule has 4 rings (SSSR count). The molecule has 1 N–H and O–H groups in total. The van der Waals surface area contributed by atoms with Gasteiger partial charge in [-0.1, -0.05) is 0 Å². The highest BCUT2D eigenvalue weighted by molar-refractivity contribution is 5.91. The monoisotopic (exact) mass is 368 g/mol. The molecule has 1 aromatic heterocycles. The Hall–Kier alpha value is -2.41. The molecule has 144 valence electrons. The highest BCUT2D eigenvalue weighted by Gasteiger charge is 2.29. The molecule has 1 atom stereocenters. The van der Waals surface area contributed by atoms with E-state index in [2.05, 4.69) is 43.3 Å². The van der Waals surface area contributed by atoms with E-state index < -0.39 is 0 Å². The van der Waals surface area contributed by atoms with Crippen molar-refractivity contribution < 1.29 is 4.79 Å². The molecule has 7 nitrogen and oxygen atoms in total. The molecule has 3 heterocycles. The van der Waals surface area contributed by atoms with E-state index in [1.54, 1.807) is 6.33 Å². The average Bonchev–Trinajstić information content (AvgIpc) is 2.91. The number of hydrogen-bond donors (Lipinski definition) is 1. The molecular formula is C20H28N6O. The predicted octanol–water partition coefficient (Wildman–Crippen LogP) is 1.49. The normalized spacial score (nSPS) is 21.8. The first-order chi connectivity index (χ1) is 13.1. The average molecular weight is 368 g/mol. The van der Waals surface area contributed by atoms with Gasteiger partial charge in [0, 0.05) is 57.9 Å². The van der Waals surface area contributed by atoms with Gasteiger partial charge in [-0.2, -0.15) is 0 Å². The lowest BCUT2D eigenvalue weighted by Crippen LogP contribution is -2.54. The van der Waals surface area contributed by atoms with Gasteiger partial charge in [-0.3, -0.25) is 9.69 Å². The van der Waals surface area contributed by atoms with Crippen molar-refractivity contribution in [2.75, 3.05) is 56.6 Å². The predicted molar refractivity (Wildman–Crippen MR) is 108 cm³/mol. The molecule has 1 amide bonds. The van der Waals surface area contributed by atoms with Crippen LogP contribution in [0.15, 0.2) is 24.5 Å². The number of hydrogen-bond acceptors (Lipinski definition) is 6. The molecule has 2 aliphatic heterocycles. The van der Waals surface area contributed by atoms with E-state index in [0.29, 0.717) is 0 Å². The first-order valence-corrected chi connectivity index (χ1v) is 9.82. The van der Waals surface area contributed by atoms with Crippen molar-refractivity contribution >= 4 is 28.3 Å². The van der Waals surface area contributed by atoms with Crippen LogP contribution in [0.5, 0.6) is 0 Å². The summed E-state index contributed by atoms with van der Waals surface area (Å²) in [6, 6.07) is 6.45. The second-order valence-electron chi connectivity index (χ2n) is 7.62. The number of piperazine rings is 1. The van der Waals surface area contributed by atoms with Gasteiger partial charge in [0.15, 0.2) is 0 Å². The van der Waals surface area contributed by atoms with Gasteiger partial charge >= 0.3 is 0 Å². The summed E-state index contributed by atoms with van der Waals surface area (Å²) in [5.41, 5.74) is 2.16. The van der Waals surface area contributed by atoms with Crippen LogP contribution in [-0.4, -0.2) is 73.6 Å². The van der Waals surface area contributed by atoms with E-state index >= 15 is 0 Å². The zero-order chi connectivity index (χ0) is 18.8. The molecular weight excluding hydrogens is 340 g/mol. The molecule has 7 heteroatoms. The smallest absolute Gasteiger partial charge is 0.237 e. The standard InChI is InChI=1S/C20H28N6O/c1-24(2)19-16-13-15(6-7-17(16)22-14-23-19)25-9-11-26(12-10-25)18-5-3-4-8-21-20(18)27/h6-7,13-14,18H,3-5,8-12H2,1-2H3,(H,21,27). The van der Waals surface area contributed by atoms with E-state index in [1.807, 2.05) is 19.0 Å². The Labute approximate surface area is 160 Å². The molecule has 1 unspecified atom stereocenters. The summed E-state index contributed by atoms with van der Waals surface area (Å²) in [5.74, 6) is 1.15. The maximum absolute atomic E-state index is 12.3. The third-order valence-electron chi connectivity index (χ3n) is 5.65. The van der Waals surface area contributed by atoms with Crippen LogP contribution in [0, 0.1) is 0 Å². The van der Waals surface area contributed by atoms with Crippen molar-refractivity contribution in [2.24, 2.45) is 0 Å². The zero-order valence-electron chi connectivity index (χ0n) is 16.2. The summed E-state index contributed by atoms with van der Waals surface area (Å²) in [4.78, 5) is 27.9. The van der Waals surface area contributed by atoms with Crippen molar-refractivity contribution in [1.82, 2.24) is 20.2 Å². The Kier molecular flexibility index (Phi) is 5.11. The number of benzene rings is 1. The lowest BCUT2D eigenvalue weighted by atomic mass is 10.1. The van der Waals surface area contributed by atoms with Gasteiger partial charge in [0.2, 0.25) is 5.91 Å². The van der Waals surface area contributed by atoms with Gasteiger partial charge in [0.25, 0.3) is 0 Å². The van der Waals surface area contributed by atoms with Crippen molar-refractivity contribution in [3.05, 3.63) is 24.5 Å². The second kappa shape index (κ2) is 7.68. The number of amides is 1. The minimum atomic E-state index is 0.0417. The largest absolute Gasteiger partial charge is 0.369 e. The van der Waals surface area contributed by atoms with E-state index in [9.17, 15) is 4.79 Å². The van der Waals surface area contributed by atoms with E-state index in [-0.39, 0.29) is 11.9 Å². The number of anilines is 2. The molecule has 2 saturated heterocycles. The van der Waals surface area contributed by atoms with Crippen LogP contribution >= 0.6 is 0 Å². The van der Waals surface area contributed by atoms with E-state index in [4.69, 9.17) is 0 Å². The minimum absolute atomic E-state index is 0.0417. The van der Waals surface area contributed by atoms with Crippen LogP contribution in [0.3, 0.4) is 0 Å². The maximum atomic E-state index is 12.3. The Morgan fingerprint density at radius 2 is 1.93 bits per heavy atom. The second-order valence-corrected chi connectivity index (χ2v) is 7.62. The van der Waals surface area contributed by atoms with Crippen LogP contribution in [0.4, 0.5) is 11.5 Å². The van der Waals surface area contributed by atoms with Crippen molar-refractivity contribution in [1.29, 1.82) is 0 Å². The summed E-state index contributed by atoms with van der Waals surface area (Å²) >= 11 is 0. The molecule has 1 aromatic carbocycles. The van der Waals surface area contributed by atoms with Crippen LogP contribution in [0.25, 0.3) is 10.9 Å². The van der Waals surface area contributed by atoms with Crippen molar-refractivity contribution in [2.45, 2.75) is 25.3 Å². The summed E-state index contributed by atoms with van der Waals surface area (Å²) in [7, 11) is 4.01. The number of fused-ring (bicyclic) bond motifs is 1. The molecule has 0 saturated carbocycles. The van der Waals surface area contributed by atoms with Crippen LogP contribution < -0.4 is 15.1 Å². The Morgan fingerprint density at radius 1 is 1.11 bits per heavy atom. The summed E-state index contributed by atoms with van der Waals surface area (Å²) in [6.07, 6.45) is 4.82. The SMILES string of the molecule is CN(C)c1ncnc2ccc(N3CCN(C4CCCCNC4=O)CC3)cc12. The fourth-order valence-electron chi connectivity index (χ4n) is 4.15. The Bertz CT molecular complexity index is 815. The number of aromatic nitrogens is 2. The minimum Gasteiger partial charge on any atom is -0.369 e. The first-order valence-electron chi connectivity index (χ1n) is 9.82. The summed E-state index contributed by atoms with van der Waals surface area (Å²) in [5, 5.41) is 4.13. The quantitative estimate of drug-likeness (QED) is 0.886. The Balaban J connectivity index is 1.49. The highest BCUT2D eigenvalue weighted by Crippen LogP contribution is 2.27. The molecule has 2 aliphatic rings. The molecule has 2 fully saturated rings. The number of rotatable bonds is 3. The third kappa shape index (κ3) is 3.69. The molecule has 2 aromatic rings. The van der Waals surface area contributed by atoms with Crippen molar-refractivity contribution in [3.8, 4) is 0 Å². The van der Waals surface area contributed by atoms with Gasteiger partial charge in [-0.15, -0.1) is 0 Å². The van der Waals surface area contributed by atoms with E-state index in [0.717, 1.165) is 68.7 Å². The van der Waals surface area contributed by atoms with Gasteiger partial charge in [0.1, 0.15) is 12.1 Å². The van der Waals surface area contributed by atoms with Crippen molar-refractivity contribution in [3.63, 3.8) is 0 Å². The fourth-order valence-corrected chi connectivity index (χ4v) is 4.15. The number of carbonyl (C=O) groups is 1. The fraction of sp³-hybridized carbons (Fsp3) is 0.550. The van der Waals surface area contributed by atoms with Gasteiger partial charge < -0.3 is 15.1 Å². The summed E-state index contributed by atoms with van der Waals surface area (Å²) in [6.45, 7) is 4.52. The third-order valence-corrected chi connectivity index (χ3v) is 5.65. The Morgan fingerprint density at radius 3 is 2.70 bits per heavy atom.